The number of likely N-dealkylation sites (tertiary alicyclic amines) is 1. The van der Waals surface area contributed by atoms with Gasteiger partial charge < -0.3 is 30.1 Å². The van der Waals surface area contributed by atoms with Crippen LogP contribution in [0.2, 0.25) is 0 Å². The van der Waals surface area contributed by atoms with Crippen molar-refractivity contribution in [2.75, 3.05) is 56.0 Å². The Bertz CT molecular complexity index is 1180. The van der Waals surface area contributed by atoms with Gasteiger partial charge >= 0.3 is 0 Å². The number of methoxy groups -OCH3 is 1. The second-order valence-corrected chi connectivity index (χ2v) is 10.9. The van der Waals surface area contributed by atoms with Gasteiger partial charge in [0, 0.05) is 31.2 Å². The van der Waals surface area contributed by atoms with Crippen LogP contribution in [0, 0.1) is 5.92 Å². The molecule has 2 aromatic rings. The number of rotatable bonds is 6. The molecule has 1 atom stereocenters. The summed E-state index contributed by atoms with van der Waals surface area (Å²) in [6.07, 6.45) is 8.22. The van der Waals surface area contributed by atoms with Gasteiger partial charge in [0.2, 0.25) is 11.9 Å². The summed E-state index contributed by atoms with van der Waals surface area (Å²) in [4.78, 5) is 41.5. The first-order valence-corrected chi connectivity index (χ1v) is 14.7. The highest BCUT2D eigenvalue weighted by molar-refractivity contribution is 5.99. The molecule has 0 unspecified atom stereocenters. The first-order chi connectivity index (χ1) is 19.3. The Labute approximate surface area is 238 Å². The average Bonchev–Trinajstić information content (AvgIpc) is 3.49. The molecule has 2 N–H and O–H groups in total. The fourth-order valence-corrected chi connectivity index (χ4v) is 5.80. The average molecular weight is 552 g/mol. The van der Waals surface area contributed by atoms with Crippen LogP contribution in [0.25, 0.3) is 0 Å². The summed E-state index contributed by atoms with van der Waals surface area (Å²) in [6.45, 7) is 8.59. The second kappa shape index (κ2) is 13.3. The van der Waals surface area contributed by atoms with Gasteiger partial charge in [-0.25, -0.2) is 4.98 Å². The van der Waals surface area contributed by atoms with E-state index in [1.165, 1.54) is 12.8 Å². The van der Waals surface area contributed by atoms with Crippen LogP contribution in [-0.2, 0) is 4.79 Å². The van der Waals surface area contributed by atoms with E-state index >= 15 is 0 Å². The van der Waals surface area contributed by atoms with Gasteiger partial charge in [-0.2, -0.15) is 4.98 Å². The number of hydrogen-bond acceptors (Lipinski definition) is 8. The predicted molar refractivity (Wildman–Crippen MR) is 160 cm³/mol. The molecule has 40 heavy (non-hydrogen) atoms. The molecule has 0 spiro atoms. The summed E-state index contributed by atoms with van der Waals surface area (Å²) in [5.41, 5.74) is 1.95. The van der Waals surface area contributed by atoms with Gasteiger partial charge in [-0.3, -0.25) is 9.59 Å². The largest absolute Gasteiger partial charge is 0.495 e. The number of benzene rings is 1. The standard InChI is InChI=1S/C28H39N7O3.C2H6/c1-18-17-35(21-7-5-6-8-21)25-23(34(3)27(18)37)16-29-28(32-25)31-22-10-9-19(15-24(22)38-4)26(36)30-20-11-13-33(2)14-12-20;1-2/h9-10,15-16,18,20-21H,5-8,11-14,17H2,1-4H3,(H,30,36)(H,29,31,32);1-2H3/t18-;/m1./s1. The van der Waals surface area contributed by atoms with Crippen molar-refractivity contribution in [1.29, 1.82) is 0 Å². The highest BCUT2D eigenvalue weighted by Gasteiger charge is 2.35. The maximum atomic E-state index is 12.9. The van der Waals surface area contributed by atoms with E-state index in [0.717, 1.165) is 50.3 Å². The molecule has 10 nitrogen and oxygen atoms in total. The van der Waals surface area contributed by atoms with Gasteiger partial charge in [0.25, 0.3) is 5.91 Å². The number of carbonyl (C=O) groups is 2. The molecule has 5 rings (SSSR count). The van der Waals surface area contributed by atoms with E-state index in [-0.39, 0.29) is 23.8 Å². The van der Waals surface area contributed by atoms with Crippen LogP contribution in [0.5, 0.6) is 5.75 Å². The van der Waals surface area contributed by atoms with Gasteiger partial charge in [-0.15, -0.1) is 0 Å². The molecule has 10 heteroatoms. The van der Waals surface area contributed by atoms with Crippen molar-refractivity contribution in [3.8, 4) is 5.75 Å². The third kappa shape index (κ3) is 6.49. The second-order valence-electron chi connectivity index (χ2n) is 10.9. The van der Waals surface area contributed by atoms with Crippen LogP contribution < -0.4 is 25.2 Å². The van der Waals surface area contributed by atoms with Crippen LogP contribution in [0.1, 0.15) is 69.7 Å². The Morgan fingerprint density at radius 1 is 1.07 bits per heavy atom. The Kier molecular flexibility index (Phi) is 9.84. The molecule has 1 aliphatic carbocycles. The normalized spacial score (nSPS) is 20.4. The van der Waals surface area contributed by atoms with Gasteiger partial charge in [-0.05, 0) is 64.0 Å². The minimum atomic E-state index is -0.125. The zero-order chi connectivity index (χ0) is 28.8. The highest BCUT2D eigenvalue weighted by atomic mass is 16.5. The molecular formula is C30H45N7O3. The van der Waals surface area contributed by atoms with Crippen molar-refractivity contribution in [3.05, 3.63) is 30.0 Å². The Morgan fingerprint density at radius 2 is 1.77 bits per heavy atom. The lowest BCUT2D eigenvalue weighted by molar-refractivity contribution is -0.121. The van der Waals surface area contributed by atoms with Crippen molar-refractivity contribution in [3.63, 3.8) is 0 Å². The summed E-state index contributed by atoms with van der Waals surface area (Å²) < 4.78 is 5.62. The summed E-state index contributed by atoms with van der Waals surface area (Å²) >= 11 is 0. The van der Waals surface area contributed by atoms with Gasteiger partial charge in [0.1, 0.15) is 11.4 Å². The summed E-state index contributed by atoms with van der Waals surface area (Å²) in [5.74, 6) is 1.59. The fourth-order valence-electron chi connectivity index (χ4n) is 5.80. The van der Waals surface area contributed by atoms with Crippen molar-refractivity contribution in [1.82, 2.24) is 20.2 Å². The molecule has 0 radical (unpaired) electrons. The molecule has 1 saturated heterocycles. The van der Waals surface area contributed by atoms with Gasteiger partial charge in [-0.1, -0.05) is 33.6 Å². The van der Waals surface area contributed by atoms with E-state index in [1.54, 1.807) is 37.4 Å². The van der Waals surface area contributed by atoms with Gasteiger partial charge in [0.15, 0.2) is 5.82 Å². The molecule has 3 aliphatic rings. The smallest absolute Gasteiger partial charge is 0.251 e. The number of nitrogens with one attached hydrogen (secondary N) is 2. The third-order valence-corrected chi connectivity index (χ3v) is 8.14. The van der Waals surface area contributed by atoms with E-state index < -0.39 is 0 Å². The van der Waals surface area contributed by atoms with E-state index in [9.17, 15) is 9.59 Å². The van der Waals surface area contributed by atoms with Crippen LogP contribution in [0.15, 0.2) is 24.4 Å². The maximum Gasteiger partial charge on any atom is 0.251 e. The lowest BCUT2D eigenvalue weighted by Gasteiger charge is -2.31. The molecule has 2 aliphatic heterocycles. The number of nitrogens with zero attached hydrogens (tertiary/aromatic N) is 5. The number of amides is 2. The molecule has 1 aromatic heterocycles. The number of ether oxygens (including phenoxy) is 1. The van der Waals surface area contributed by atoms with E-state index in [1.807, 2.05) is 26.8 Å². The number of carbonyl (C=O) groups excluding carboxylic acids is 2. The molecule has 0 bridgehead atoms. The quantitative estimate of drug-likeness (QED) is 0.543. The maximum absolute atomic E-state index is 12.9. The van der Waals surface area contributed by atoms with Crippen LogP contribution in [0.3, 0.4) is 0 Å². The Balaban J connectivity index is 0.00000181. The molecular weight excluding hydrogens is 506 g/mol. The highest BCUT2D eigenvalue weighted by Crippen LogP contribution is 2.38. The number of piperidine rings is 1. The number of aromatic nitrogens is 2. The van der Waals surface area contributed by atoms with E-state index in [4.69, 9.17) is 9.72 Å². The molecule has 2 fully saturated rings. The van der Waals surface area contributed by atoms with Crippen LogP contribution >= 0.6 is 0 Å². The fraction of sp³-hybridized carbons (Fsp3) is 0.600. The minimum absolute atomic E-state index is 0.0758. The summed E-state index contributed by atoms with van der Waals surface area (Å²) in [5, 5.41) is 6.44. The molecule has 1 aromatic carbocycles. The number of anilines is 4. The number of fused-ring (bicyclic) bond motifs is 1. The molecule has 2 amide bonds. The predicted octanol–water partition coefficient (Wildman–Crippen LogP) is 4.44. The van der Waals surface area contributed by atoms with Crippen molar-refractivity contribution in [2.24, 2.45) is 5.92 Å². The van der Waals surface area contributed by atoms with E-state index in [2.05, 4.69) is 32.5 Å². The number of hydrogen-bond donors (Lipinski definition) is 2. The lowest BCUT2D eigenvalue weighted by atomic mass is 10.0. The lowest BCUT2D eigenvalue weighted by Crippen LogP contribution is -2.43. The van der Waals surface area contributed by atoms with Crippen molar-refractivity contribution < 1.29 is 14.3 Å². The van der Waals surface area contributed by atoms with Crippen molar-refractivity contribution in [2.45, 2.75) is 71.4 Å². The van der Waals surface area contributed by atoms with Crippen LogP contribution in [0.4, 0.5) is 23.1 Å². The van der Waals surface area contributed by atoms with Gasteiger partial charge in [0.05, 0.1) is 24.9 Å². The zero-order valence-corrected chi connectivity index (χ0v) is 24.9. The Hall–Kier alpha value is -3.40. The van der Waals surface area contributed by atoms with E-state index in [0.29, 0.717) is 35.5 Å². The Morgan fingerprint density at radius 3 is 2.45 bits per heavy atom. The summed E-state index contributed by atoms with van der Waals surface area (Å²) in [6, 6.07) is 5.91. The van der Waals surface area contributed by atoms with Crippen LogP contribution in [-0.4, -0.2) is 79.6 Å². The SMILES string of the molecule is CC.COc1cc(C(=O)NC2CCN(C)CC2)ccc1Nc1ncc2c(n1)N(C1CCCC1)C[C@@H](C)C(=O)N2C. The molecule has 3 heterocycles. The first kappa shape index (κ1) is 29.6. The minimum Gasteiger partial charge on any atom is -0.495 e. The molecule has 1 saturated carbocycles. The zero-order valence-electron chi connectivity index (χ0n) is 24.9. The summed E-state index contributed by atoms with van der Waals surface area (Å²) in [7, 11) is 5.48. The van der Waals surface area contributed by atoms with Crippen molar-refractivity contribution >= 4 is 35.0 Å². The monoisotopic (exact) mass is 551 g/mol. The first-order valence-electron chi connectivity index (χ1n) is 14.7. The topological polar surface area (TPSA) is 103 Å². The molecule has 218 valence electrons. The third-order valence-electron chi connectivity index (χ3n) is 8.14.